The number of nitrogens with zero attached hydrogens (tertiary/aromatic N) is 4. The smallest absolute Gasteiger partial charge is 0.332 e. The molecule has 2 aromatic heterocycles. The molecule has 0 aliphatic heterocycles. The van der Waals surface area contributed by atoms with Crippen LogP contribution in [0.4, 0.5) is 5.95 Å². The Hall–Kier alpha value is -2.83. The molecule has 3 aromatic rings. The molecule has 0 radical (unpaired) electrons. The molecule has 0 unspecified atom stereocenters. The molecule has 0 saturated heterocycles. The summed E-state index contributed by atoms with van der Waals surface area (Å²) in [6, 6.07) is 9.92. The summed E-state index contributed by atoms with van der Waals surface area (Å²) in [5, 5.41) is 0. The van der Waals surface area contributed by atoms with Gasteiger partial charge in [0, 0.05) is 20.6 Å². The highest BCUT2D eigenvalue weighted by Gasteiger charge is 2.17. The van der Waals surface area contributed by atoms with E-state index in [-0.39, 0.29) is 11.5 Å². The number of benzene rings is 1. The molecule has 2 heterocycles. The number of rotatable bonds is 3. The van der Waals surface area contributed by atoms with Gasteiger partial charge in [-0.15, -0.1) is 0 Å². The van der Waals surface area contributed by atoms with Crippen LogP contribution in [-0.2, 0) is 27.1 Å². The summed E-state index contributed by atoms with van der Waals surface area (Å²) in [5.41, 5.74) is 6.97. The van der Waals surface area contributed by atoms with Crippen LogP contribution in [0.25, 0.3) is 11.2 Å². The van der Waals surface area contributed by atoms with Crippen molar-refractivity contribution in [1.82, 2.24) is 18.7 Å². The Morgan fingerprint density at radius 2 is 1.77 bits per heavy atom. The van der Waals surface area contributed by atoms with Gasteiger partial charge in [0.1, 0.15) is 0 Å². The van der Waals surface area contributed by atoms with Gasteiger partial charge in [0.05, 0.1) is 0 Å². The van der Waals surface area contributed by atoms with E-state index in [1.807, 2.05) is 30.3 Å². The summed E-state index contributed by atoms with van der Waals surface area (Å²) in [6.07, 6.45) is 0.725. The summed E-state index contributed by atoms with van der Waals surface area (Å²) in [4.78, 5) is 28.5. The lowest BCUT2D eigenvalue weighted by molar-refractivity contribution is 0.688. The van der Waals surface area contributed by atoms with Crippen LogP contribution in [0, 0.1) is 0 Å². The van der Waals surface area contributed by atoms with Gasteiger partial charge in [-0.25, -0.2) is 4.79 Å². The van der Waals surface area contributed by atoms with Crippen LogP contribution < -0.4 is 17.0 Å². The van der Waals surface area contributed by atoms with Crippen LogP contribution in [0.15, 0.2) is 39.9 Å². The second-order valence-corrected chi connectivity index (χ2v) is 5.24. The number of hydrogen-bond acceptors (Lipinski definition) is 4. The van der Waals surface area contributed by atoms with Crippen molar-refractivity contribution in [2.45, 2.75) is 13.0 Å². The minimum atomic E-state index is -0.412. The first-order valence-electron chi connectivity index (χ1n) is 6.96. The number of hydrogen-bond donors (Lipinski definition) is 1. The highest BCUT2D eigenvalue weighted by atomic mass is 16.2. The Bertz CT molecular complexity index is 950. The van der Waals surface area contributed by atoms with Gasteiger partial charge in [-0.2, -0.15) is 4.98 Å². The van der Waals surface area contributed by atoms with Crippen molar-refractivity contribution in [1.29, 1.82) is 0 Å². The monoisotopic (exact) mass is 299 g/mol. The van der Waals surface area contributed by atoms with Crippen LogP contribution in [0.1, 0.15) is 5.56 Å². The largest absolute Gasteiger partial charge is 0.369 e. The normalized spacial score (nSPS) is 11.2. The van der Waals surface area contributed by atoms with Crippen molar-refractivity contribution in [3.8, 4) is 0 Å². The van der Waals surface area contributed by atoms with Crippen LogP contribution in [0.3, 0.4) is 0 Å². The van der Waals surface area contributed by atoms with Crippen LogP contribution in [-0.4, -0.2) is 18.7 Å². The number of fused-ring (bicyclic) bond motifs is 1. The predicted molar refractivity (Wildman–Crippen MR) is 84.8 cm³/mol. The van der Waals surface area contributed by atoms with E-state index in [1.54, 1.807) is 11.6 Å². The lowest BCUT2D eigenvalue weighted by Crippen LogP contribution is -2.37. The highest BCUT2D eigenvalue weighted by Crippen LogP contribution is 2.13. The van der Waals surface area contributed by atoms with Gasteiger partial charge < -0.3 is 10.3 Å². The van der Waals surface area contributed by atoms with Crippen LogP contribution >= 0.6 is 0 Å². The zero-order valence-electron chi connectivity index (χ0n) is 12.5. The standard InChI is InChI=1S/C15H17N5O2/c1-18-12-11(13(21)19(2)15(18)22)20(14(16)17-12)9-8-10-6-4-3-5-7-10/h3-7H,8-9H2,1-2H3,(H2,16,17). The average molecular weight is 299 g/mol. The van der Waals surface area contributed by atoms with Crippen LogP contribution in [0.5, 0.6) is 0 Å². The number of aryl methyl sites for hydroxylation is 3. The molecule has 3 rings (SSSR count). The molecule has 1 aromatic carbocycles. The van der Waals surface area contributed by atoms with E-state index in [0.717, 1.165) is 16.6 Å². The topological polar surface area (TPSA) is 87.8 Å². The minimum absolute atomic E-state index is 0.240. The molecule has 114 valence electrons. The molecular formula is C15H17N5O2. The first kappa shape index (κ1) is 14.1. The second kappa shape index (κ2) is 5.18. The molecule has 0 fully saturated rings. The maximum absolute atomic E-state index is 12.4. The molecule has 0 atom stereocenters. The molecule has 2 N–H and O–H groups in total. The number of nitrogens with two attached hydrogens (primary N) is 1. The van der Waals surface area contributed by atoms with Crippen molar-refractivity contribution in [3.63, 3.8) is 0 Å². The Kier molecular flexibility index (Phi) is 3.32. The first-order valence-corrected chi connectivity index (χ1v) is 6.96. The maximum Gasteiger partial charge on any atom is 0.332 e. The summed E-state index contributed by atoms with van der Waals surface area (Å²) in [6.45, 7) is 0.528. The zero-order chi connectivity index (χ0) is 15.9. The SMILES string of the molecule is Cn1c(=O)c2c(nc(N)n2CCc2ccccc2)n(C)c1=O. The molecule has 0 bridgehead atoms. The van der Waals surface area contributed by atoms with Gasteiger partial charge in [0.25, 0.3) is 5.56 Å². The molecule has 0 amide bonds. The third-order valence-electron chi connectivity index (χ3n) is 3.84. The molecule has 0 aliphatic carbocycles. The summed E-state index contributed by atoms with van der Waals surface area (Å²) < 4.78 is 4.08. The van der Waals surface area contributed by atoms with Crippen molar-refractivity contribution in [2.75, 3.05) is 5.73 Å². The molecule has 0 spiro atoms. The molecule has 0 saturated carbocycles. The maximum atomic E-state index is 12.4. The molecule has 7 heteroatoms. The Balaban J connectivity index is 2.12. The molecule has 7 nitrogen and oxygen atoms in total. The lowest BCUT2D eigenvalue weighted by atomic mass is 10.1. The predicted octanol–water partition coefficient (Wildman–Crippen LogP) is 0.259. The molecule has 0 aliphatic rings. The van der Waals surface area contributed by atoms with E-state index in [2.05, 4.69) is 4.98 Å². The third kappa shape index (κ3) is 2.11. The quantitative estimate of drug-likeness (QED) is 0.751. The van der Waals surface area contributed by atoms with Gasteiger partial charge in [-0.3, -0.25) is 13.9 Å². The van der Waals surface area contributed by atoms with Crippen LogP contribution in [0.2, 0.25) is 0 Å². The van der Waals surface area contributed by atoms with E-state index in [4.69, 9.17) is 5.73 Å². The molecule has 22 heavy (non-hydrogen) atoms. The highest BCUT2D eigenvalue weighted by molar-refractivity contribution is 5.73. The van der Waals surface area contributed by atoms with Gasteiger partial charge in [0.2, 0.25) is 5.95 Å². The van der Waals surface area contributed by atoms with Gasteiger partial charge in [0.15, 0.2) is 11.2 Å². The van der Waals surface area contributed by atoms with E-state index < -0.39 is 5.69 Å². The minimum Gasteiger partial charge on any atom is -0.369 e. The Morgan fingerprint density at radius 3 is 2.45 bits per heavy atom. The summed E-state index contributed by atoms with van der Waals surface area (Å²) >= 11 is 0. The lowest BCUT2D eigenvalue weighted by Gasteiger charge is -2.07. The van der Waals surface area contributed by atoms with Crippen molar-refractivity contribution in [2.24, 2.45) is 14.1 Å². The average Bonchev–Trinajstić information content (AvgIpc) is 2.86. The second-order valence-electron chi connectivity index (χ2n) is 5.24. The van der Waals surface area contributed by atoms with Gasteiger partial charge >= 0.3 is 5.69 Å². The number of nitrogen functional groups attached to an aromatic ring is 1. The Labute approximate surface area is 126 Å². The zero-order valence-corrected chi connectivity index (χ0v) is 12.5. The number of aromatic nitrogens is 4. The fraction of sp³-hybridized carbons (Fsp3) is 0.267. The fourth-order valence-corrected chi connectivity index (χ4v) is 2.58. The van der Waals surface area contributed by atoms with E-state index in [0.29, 0.717) is 17.7 Å². The number of imidazole rings is 1. The van der Waals surface area contributed by atoms with Gasteiger partial charge in [-0.05, 0) is 12.0 Å². The summed E-state index contributed by atoms with van der Waals surface area (Å²) in [7, 11) is 3.03. The van der Waals surface area contributed by atoms with E-state index in [9.17, 15) is 9.59 Å². The Morgan fingerprint density at radius 1 is 1.09 bits per heavy atom. The van der Waals surface area contributed by atoms with Crippen molar-refractivity contribution in [3.05, 3.63) is 56.7 Å². The van der Waals surface area contributed by atoms with Crippen molar-refractivity contribution < 1.29 is 0 Å². The van der Waals surface area contributed by atoms with Gasteiger partial charge in [-0.1, -0.05) is 30.3 Å². The fourth-order valence-electron chi connectivity index (χ4n) is 2.58. The van der Waals surface area contributed by atoms with E-state index >= 15 is 0 Å². The number of anilines is 1. The van der Waals surface area contributed by atoms with Crippen molar-refractivity contribution >= 4 is 17.1 Å². The van der Waals surface area contributed by atoms with E-state index in [1.165, 1.54) is 11.6 Å². The third-order valence-corrected chi connectivity index (χ3v) is 3.84. The molecular weight excluding hydrogens is 282 g/mol. The summed E-state index contributed by atoms with van der Waals surface area (Å²) in [5.74, 6) is 0.240. The first-order chi connectivity index (χ1) is 10.5.